The van der Waals surface area contributed by atoms with Crippen LogP contribution < -0.4 is 25.0 Å². The SMILES string of the molecule is COc1ccc(N2C(=O)C(Cl)=C(Nc3cccc(C(=O)Nc4cc(C)cc(C)c4)c3)C2=O)c(OC)c1. The molecule has 0 radical (unpaired) electrons. The van der Waals surface area contributed by atoms with Crippen LogP contribution in [0.4, 0.5) is 17.1 Å². The minimum Gasteiger partial charge on any atom is -0.497 e. The summed E-state index contributed by atoms with van der Waals surface area (Å²) in [5.74, 6) is -0.896. The highest BCUT2D eigenvalue weighted by Crippen LogP contribution is 2.37. The quantitative estimate of drug-likeness (QED) is 0.438. The number of aryl methyl sites for hydroxylation is 2. The Hall–Kier alpha value is -4.30. The number of benzene rings is 3. The van der Waals surface area contributed by atoms with Crippen LogP contribution in [0, 0.1) is 13.8 Å². The first-order valence-electron chi connectivity index (χ1n) is 11.0. The maximum atomic E-state index is 13.2. The minimum atomic E-state index is -0.698. The largest absolute Gasteiger partial charge is 0.497 e. The van der Waals surface area contributed by atoms with E-state index in [0.717, 1.165) is 16.0 Å². The van der Waals surface area contributed by atoms with E-state index in [1.165, 1.54) is 14.2 Å². The number of ether oxygens (including phenoxy) is 2. The first-order valence-corrected chi connectivity index (χ1v) is 11.4. The summed E-state index contributed by atoms with van der Waals surface area (Å²) in [6.45, 7) is 3.91. The Morgan fingerprint density at radius 3 is 2.25 bits per heavy atom. The third-order valence-corrected chi connectivity index (χ3v) is 5.88. The zero-order valence-electron chi connectivity index (χ0n) is 20.1. The molecule has 0 unspecified atom stereocenters. The highest BCUT2D eigenvalue weighted by Gasteiger charge is 2.40. The molecule has 0 aliphatic carbocycles. The van der Waals surface area contributed by atoms with Gasteiger partial charge >= 0.3 is 0 Å². The molecule has 3 aromatic carbocycles. The van der Waals surface area contributed by atoms with Crippen LogP contribution in [0.5, 0.6) is 11.5 Å². The van der Waals surface area contributed by atoms with Crippen LogP contribution in [0.25, 0.3) is 0 Å². The number of methoxy groups -OCH3 is 2. The van der Waals surface area contributed by atoms with E-state index in [1.807, 2.05) is 32.0 Å². The molecular formula is C27H24ClN3O5. The molecule has 3 aromatic rings. The molecule has 1 aliphatic rings. The van der Waals surface area contributed by atoms with E-state index in [2.05, 4.69) is 10.6 Å². The summed E-state index contributed by atoms with van der Waals surface area (Å²) in [6.07, 6.45) is 0. The van der Waals surface area contributed by atoms with Gasteiger partial charge in [0.2, 0.25) is 0 Å². The van der Waals surface area contributed by atoms with Crippen LogP contribution >= 0.6 is 11.6 Å². The lowest BCUT2D eigenvalue weighted by Gasteiger charge is -2.18. The van der Waals surface area contributed by atoms with Gasteiger partial charge in [0.05, 0.1) is 19.9 Å². The fourth-order valence-electron chi connectivity index (χ4n) is 3.93. The number of halogens is 1. The van der Waals surface area contributed by atoms with Gasteiger partial charge in [-0.2, -0.15) is 0 Å². The smallest absolute Gasteiger partial charge is 0.283 e. The molecule has 8 nitrogen and oxygen atoms in total. The van der Waals surface area contributed by atoms with Crippen LogP contribution in [0.3, 0.4) is 0 Å². The van der Waals surface area contributed by atoms with Gasteiger partial charge in [-0.1, -0.05) is 23.7 Å². The molecule has 0 saturated heterocycles. The second-order valence-electron chi connectivity index (χ2n) is 8.21. The van der Waals surface area contributed by atoms with E-state index in [1.54, 1.807) is 42.5 Å². The zero-order valence-corrected chi connectivity index (χ0v) is 20.9. The fourth-order valence-corrected chi connectivity index (χ4v) is 4.15. The Kier molecular flexibility index (Phi) is 6.98. The third-order valence-electron chi connectivity index (χ3n) is 5.53. The standard InChI is InChI=1S/C27H24ClN3O5/c1-15-10-16(2)12-19(11-15)30-25(32)17-6-5-7-18(13-17)29-24-23(28)26(33)31(27(24)34)21-9-8-20(35-3)14-22(21)36-4/h5-14,29H,1-4H3,(H,30,32). The number of carbonyl (C=O) groups is 3. The molecule has 0 fully saturated rings. The normalized spacial score (nSPS) is 13.2. The van der Waals surface area contributed by atoms with Crippen LogP contribution in [-0.4, -0.2) is 31.9 Å². The van der Waals surface area contributed by atoms with Crippen molar-refractivity contribution in [1.29, 1.82) is 0 Å². The number of imide groups is 1. The molecule has 3 amide bonds. The molecule has 184 valence electrons. The molecule has 0 atom stereocenters. The second kappa shape index (κ2) is 10.1. The lowest BCUT2D eigenvalue weighted by Crippen LogP contribution is -2.32. The van der Waals surface area contributed by atoms with Gasteiger partial charge in [0.1, 0.15) is 22.2 Å². The van der Waals surface area contributed by atoms with Crippen molar-refractivity contribution in [3.8, 4) is 11.5 Å². The van der Waals surface area contributed by atoms with E-state index in [4.69, 9.17) is 21.1 Å². The molecule has 1 heterocycles. The van der Waals surface area contributed by atoms with E-state index in [-0.39, 0.29) is 28.1 Å². The van der Waals surface area contributed by atoms with Crippen molar-refractivity contribution >= 4 is 46.4 Å². The Labute approximate surface area is 213 Å². The average Bonchev–Trinajstić information content (AvgIpc) is 3.06. The lowest BCUT2D eigenvalue weighted by molar-refractivity contribution is -0.120. The van der Waals surface area contributed by atoms with Crippen molar-refractivity contribution in [3.05, 3.63) is 88.1 Å². The average molecular weight is 506 g/mol. The molecule has 0 aromatic heterocycles. The van der Waals surface area contributed by atoms with Gasteiger partial charge in [-0.15, -0.1) is 0 Å². The van der Waals surface area contributed by atoms with Crippen molar-refractivity contribution < 1.29 is 23.9 Å². The number of rotatable bonds is 7. The number of nitrogens with zero attached hydrogens (tertiary/aromatic N) is 1. The summed E-state index contributed by atoms with van der Waals surface area (Å²) >= 11 is 6.27. The van der Waals surface area contributed by atoms with Crippen LogP contribution in [0.2, 0.25) is 0 Å². The number of carbonyl (C=O) groups excluding carboxylic acids is 3. The van der Waals surface area contributed by atoms with Gasteiger partial charge in [-0.25, -0.2) is 4.90 Å². The topological polar surface area (TPSA) is 97.0 Å². The van der Waals surface area contributed by atoms with Crippen LogP contribution in [0.1, 0.15) is 21.5 Å². The maximum absolute atomic E-state index is 13.2. The lowest BCUT2D eigenvalue weighted by atomic mass is 10.1. The number of anilines is 3. The number of hydrogen-bond donors (Lipinski definition) is 2. The van der Waals surface area contributed by atoms with E-state index < -0.39 is 11.8 Å². The highest BCUT2D eigenvalue weighted by molar-refractivity contribution is 6.53. The Morgan fingerprint density at radius 2 is 1.58 bits per heavy atom. The van der Waals surface area contributed by atoms with Crippen molar-refractivity contribution in [1.82, 2.24) is 0 Å². The van der Waals surface area contributed by atoms with Crippen LogP contribution in [-0.2, 0) is 9.59 Å². The Morgan fingerprint density at radius 1 is 0.861 bits per heavy atom. The number of amides is 3. The predicted octanol–water partition coefficient (Wildman–Crippen LogP) is 5.01. The zero-order chi connectivity index (χ0) is 26.0. The summed E-state index contributed by atoms with van der Waals surface area (Å²) < 4.78 is 10.5. The van der Waals surface area contributed by atoms with Gasteiger partial charge < -0.3 is 20.1 Å². The second-order valence-corrected chi connectivity index (χ2v) is 8.59. The first kappa shape index (κ1) is 24.8. The van der Waals surface area contributed by atoms with E-state index >= 15 is 0 Å². The van der Waals surface area contributed by atoms with Crippen molar-refractivity contribution in [3.63, 3.8) is 0 Å². The van der Waals surface area contributed by atoms with E-state index in [0.29, 0.717) is 22.7 Å². The summed E-state index contributed by atoms with van der Waals surface area (Å²) in [5.41, 5.74) is 3.65. The van der Waals surface area contributed by atoms with Crippen LogP contribution in [0.15, 0.2) is 71.4 Å². The van der Waals surface area contributed by atoms with Crippen molar-refractivity contribution in [2.75, 3.05) is 29.8 Å². The molecule has 36 heavy (non-hydrogen) atoms. The molecule has 0 saturated carbocycles. The fraction of sp³-hybridized carbons (Fsp3) is 0.148. The Bertz CT molecular complexity index is 1400. The van der Waals surface area contributed by atoms with Gasteiger partial charge in [-0.3, -0.25) is 14.4 Å². The molecule has 0 bridgehead atoms. The third kappa shape index (κ3) is 4.89. The summed E-state index contributed by atoms with van der Waals surface area (Å²) in [6, 6.07) is 17.0. The Balaban J connectivity index is 1.56. The number of hydrogen-bond acceptors (Lipinski definition) is 6. The number of nitrogens with one attached hydrogen (secondary N) is 2. The van der Waals surface area contributed by atoms with Gasteiger partial charge in [0.25, 0.3) is 17.7 Å². The van der Waals surface area contributed by atoms with Gasteiger partial charge in [0.15, 0.2) is 0 Å². The van der Waals surface area contributed by atoms with Crippen molar-refractivity contribution in [2.24, 2.45) is 0 Å². The van der Waals surface area contributed by atoms with Gasteiger partial charge in [-0.05, 0) is 67.4 Å². The summed E-state index contributed by atoms with van der Waals surface area (Å²) in [7, 11) is 2.92. The summed E-state index contributed by atoms with van der Waals surface area (Å²) in [5, 5.41) is 5.50. The van der Waals surface area contributed by atoms with Crippen molar-refractivity contribution in [2.45, 2.75) is 13.8 Å². The molecular weight excluding hydrogens is 482 g/mol. The van der Waals surface area contributed by atoms with E-state index in [9.17, 15) is 14.4 Å². The maximum Gasteiger partial charge on any atom is 0.283 e. The summed E-state index contributed by atoms with van der Waals surface area (Å²) in [4.78, 5) is 39.9. The highest BCUT2D eigenvalue weighted by atomic mass is 35.5. The molecule has 9 heteroatoms. The van der Waals surface area contributed by atoms with Gasteiger partial charge in [0, 0.05) is 23.0 Å². The predicted molar refractivity (Wildman–Crippen MR) is 139 cm³/mol. The monoisotopic (exact) mass is 505 g/mol. The first-order chi connectivity index (χ1) is 17.2. The molecule has 0 spiro atoms. The molecule has 1 aliphatic heterocycles. The molecule has 2 N–H and O–H groups in total. The minimum absolute atomic E-state index is 0.105. The molecule has 4 rings (SSSR count).